The van der Waals surface area contributed by atoms with Gasteiger partial charge in [-0.2, -0.15) is 0 Å². The summed E-state index contributed by atoms with van der Waals surface area (Å²) in [6.07, 6.45) is 3.72. The van der Waals surface area contributed by atoms with Gasteiger partial charge in [-0.3, -0.25) is 0 Å². The van der Waals surface area contributed by atoms with Crippen molar-refractivity contribution in [2.75, 3.05) is 5.32 Å². The van der Waals surface area contributed by atoms with Gasteiger partial charge in [-0.15, -0.1) is 0 Å². The smallest absolute Gasteiger partial charge is 0.0416 e. The van der Waals surface area contributed by atoms with Crippen LogP contribution in [0.5, 0.6) is 0 Å². The normalized spacial score (nSPS) is 9.78. The lowest BCUT2D eigenvalue weighted by Gasteiger charge is -2.09. The van der Waals surface area contributed by atoms with E-state index >= 15 is 0 Å². The predicted octanol–water partition coefficient (Wildman–Crippen LogP) is 4.58. The van der Waals surface area contributed by atoms with E-state index in [1.807, 2.05) is 24.3 Å². The van der Waals surface area contributed by atoms with Gasteiger partial charge in [0.1, 0.15) is 0 Å². The lowest BCUT2D eigenvalue weighted by molar-refractivity contribution is 1.15. The van der Waals surface area contributed by atoms with E-state index in [2.05, 4.69) is 54.9 Å². The van der Waals surface area contributed by atoms with E-state index in [1.165, 1.54) is 5.56 Å². The lowest BCUT2D eigenvalue weighted by atomic mass is 10.1. The molecule has 0 radical (unpaired) electrons. The number of hydrogen-bond donors (Lipinski definition) is 1. The zero-order chi connectivity index (χ0) is 12.8. The highest BCUT2D eigenvalue weighted by Crippen LogP contribution is 2.17. The predicted molar refractivity (Wildman–Crippen MR) is 80.4 cm³/mol. The molecule has 90 valence electrons. The quantitative estimate of drug-likeness (QED) is 0.799. The highest BCUT2D eigenvalue weighted by atomic mass is 14.9. The zero-order valence-electron chi connectivity index (χ0n) is 10.4. The van der Waals surface area contributed by atoms with Gasteiger partial charge in [-0.05, 0) is 22.8 Å². The number of para-hydroxylation sites is 1. The number of nitrogens with one attached hydrogen (secondary N) is 1. The summed E-state index contributed by atoms with van der Waals surface area (Å²) in [5.74, 6) is 0. The Morgan fingerprint density at radius 2 is 1.61 bits per heavy atom. The number of anilines is 1. The summed E-state index contributed by atoms with van der Waals surface area (Å²) in [5.41, 5.74) is 4.63. The van der Waals surface area contributed by atoms with Crippen LogP contribution in [0, 0.1) is 0 Å². The van der Waals surface area contributed by atoms with Gasteiger partial charge in [0.2, 0.25) is 0 Å². The summed E-state index contributed by atoms with van der Waals surface area (Å²) >= 11 is 0. The lowest BCUT2D eigenvalue weighted by Crippen LogP contribution is -2.00. The van der Waals surface area contributed by atoms with Gasteiger partial charge >= 0.3 is 0 Å². The van der Waals surface area contributed by atoms with Crippen LogP contribution in [0.4, 0.5) is 5.69 Å². The molecule has 0 saturated heterocycles. The summed E-state index contributed by atoms with van der Waals surface area (Å²) in [6.45, 7) is 8.38. The van der Waals surface area contributed by atoms with Crippen molar-refractivity contribution in [3.63, 3.8) is 0 Å². The molecular weight excluding hydrogens is 218 g/mol. The van der Waals surface area contributed by atoms with Crippen LogP contribution in [0.3, 0.4) is 0 Å². The summed E-state index contributed by atoms with van der Waals surface area (Å²) < 4.78 is 0. The van der Waals surface area contributed by atoms with Crippen LogP contribution in [-0.4, -0.2) is 0 Å². The van der Waals surface area contributed by atoms with Crippen LogP contribution in [0.15, 0.2) is 61.7 Å². The molecule has 2 aromatic carbocycles. The molecule has 0 unspecified atom stereocenters. The molecule has 0 aromatic heterocycles. The molecule has 0 aliphatic rings. The molecule has 0 spiro atoms. The van der Waals surface area contributed by atoms with E-state index in [9.17, 15) is 0 Å². The second-order valence-electron chi connectivity index (χ2n) is 4.09. The van der Waals surface area contributed by atoms with Crippen molar-refractivity contribution in [1.29, 1.82) is 0 Å². The minimum absolute atomic E-state index is 0.808. The average Bonchev–Trinajstić information content (AvgIpc) is 2.46. The minimum Gasteiger partial charge on any atom is -0.380 e. The Labute approximate surface area is 108 Å². The third kappa shape index (κ3) is 2.89. The van der Waals surface area contributed by atoms with Crippen LogP contribution in [0.2, 0.25) is 0 Å². The van der Waals surface area contributed by atoms with Gasteiger partial charge in [0.05, 0.1) is 0 Å². The van der Waals surface area contributed by atoms with Gasteiger partial charge in [0.15, 0.2) is 0 Å². The molecule has 0 bridgehead atoms. The fourth-order valence-corrected chi connectivity index (χ4v) is 1.80. The SMILES string of the molecule is C=Cc1ccc(CNc2ccccc2C=C)cc1. The molecule has 0 saturated carbocycles. The fourth-order valence-electron chi connectivity index (χ4n) is 1.80. The summed E-state index contributed by atoms with van der Waals surface area (Å²) in [4.78, 5) is 0. The Morgan fingerprint density at radius 3 is 2.28 bits per heavy atom. The molecule has 0 aliphatic heterocycles. The van der Waals surface area contributed by atoms with Crippen molar-refractivity contribution >= 4 is 17.8 Å². The molecule has 2 rings (SSSR count). The van der Waals surface area contributed by atoms with Crippen LogP contribution < -0.4 is 5.32 Å². The van der Waals surface area contributed by atoms with Crippen molar-refractivity contribution in [3.05, 3.63) is 78.4 Å². The van der Waals surface area contributed by atoms with Gasteiger partial charge in [0.25, 0.3) is 0 Å². The van der Waals surface area contributed by atoms with E-state index in [0.717, 1.165) is 23.4 Å². The van der Waals surface area contributed by atoms with E-state index < -0.39 is 0 Å². The Bertz CT molecular complexity index is 538. The van der Waals surface area contributed by atoms with Crippen molar-refractivity contribution in [1.82, 2.24) is 0 Å². The molecule has 0 aliphatic carbocycles. The minimum atomic E-state index is 0.808. The standard InChI is InChI=1S/C17H17N/c1-3-14-9-11-15(12-10-14)13-18-17-8-6-5-7-16(17)4-2/h3-12,18H,1-2,13H2. The Hall–Kier alpha value is -2.28. The van der Waals surface area contributed by atoms with Crippen molar-refractivity contribution in [2.24, 2.45) is 0 Å². The summed E-state index contributed by atoms with van der Waals surface area (Å²) in [7, 11) is 0. The molecule has 2 aromatic rings. The molecule has 0 amide bonds. The molecule has 0 fully saturated rings. The third-order valence-corrected chi connectivity index (χ3v) is 2.88. The fraction of sp³-hybridized carbons (Fsp3) is 0.0588. The number of rotatable bonds is 5. The van der Waals surface area contributed by atoms with Gasteiger partial charge in [-0.1, -0.05) is 67.8 Å². The van der Waals surface area contributed by atoms with Gasteiger partial charge < -0.3 is 5.32 Å². The molecule has 0 atom stereocenters. The Kier molecular flexibility index (Phi) is 3.98. The van der Waals surface area contributed by atoms with Crippen LogP contribution in [-0.2, 0) is 6.54 Å². The molecule has 0 heterocycles. The monoisotopic (exact) mass is 235 g/mol. The topological polar surface area (TPSA) is 12.0 Å². The van der Waals surface area contributed by atoms with Crippen LogP contribution in [0.1, 0.15) is 16.7 Å². The number of benzene rings is 2. The maximum atomic E-state index is 3.82. The van der Waals surface area contributed by atoms with E-state index in [4.69, 9.17) is 0 Å². The van der Waals surface area contributed by atoms with Crippen molar-refractivity contribution < 1.29 is 0 Å². The third-order valence-electron chi connectivity index (χ3n) is 2.88. The van der Waals surface area contributed by atoms with E-state index in [1.54, 1.807) is 0 Å². The highest BCUT2D eigenvalue weighted by Gasteiger charge is 1.98. The van der Waals surface area contributed by atoms with Crippen molar-refractivity contribution in [3.8, 4) is 0 Å². The largest absolute Gasteiger partial charge is 0.380 e. The summed E-state index contributed by atoms with van der Waals surface area (Å²) in [5, 5.41) is 3.42. The molecule has 18 heavy (non-hydrogen) atoms. The molecule has 1 N–H and O–H groups in total. The molecule has 1 heteroatoms. The number of hydrogen-bond acceptors (Lipinski definition) is 1. The van der Waals surface area contributed by atoms with Gasteiger partial charge in [0, 0.05) is 12.2 Å². The van der Waals surface area contributed by atoms with E-state index in [-0.39, 0.29) is 0 Å². The Balaban J connectivity index is 2.06. The molecule has 1 nitrogen and oxygen atoms in total. The average molecular weight is 235 g/mol. The first-order valence-corrected chi connectivity index (χ1v) is 6.00. The highest BCUT2D eigenvalue weighted by molar-refractivity contribution is 5.65. The maximum absolute atomic E-state index is 3.82. The Morgan fingerprint density at radius 1 is 0.889 bits per heavy atom. The second-order valence-corrected chi connectivity index (χ2v) is 4.09. The zero-order valence-corrected chi connectivity index (χ0v) is 10.4. The first-order chi connectivity index (χ1) is 8.83. The first-order valence-electron chi connectivity index (χ1n) is 6.00. The van der Waals surface area contributed by atoms with Crippen LogP contribution in [0.25, 0.3) is 12.2 Å². The second kappa shape index (κ2) is 5.87. The van der Waals surface area contributed by atoms with Crippen LogP contribution >= 0.6 is 0 Å². The van der Waals surface area contributed by atoms with Gasteiger partial charge in [-0.25, -0.2) is 0 Å². The van der Waals surface area contributed by atoms with Crippen molar-refractivity contribution in [2.45, 2.75) is 6.54 Å². The summed E-state index contributed by atoms with van der Waals surface area (Å²) in [6, 6.07) is 16.5. The molecular formula is C17H17N. The maximum Gasteiger partial charge on any atom is 0.0416 e. The first kappa shape index (κ1) is 12.2. The van der Waals surface area contributed by atoms with E-state index in [0.29, 0.717) is 0 Å².